The topological polar surface area (TPSA) is 21.6 Å². The molecule has 0 heterocycles. The first-order valence-electron chi connectivity index (χ1n) is 8.18. The molecule has 0 radical (unpaired) electrons. The van der Waals surface area contributed by atoms with Crippen LogP contribution in [0.4, 0.5) is 0 Å². The SMILES string of the molecule is CCOC1CCC(/C=C/C2CCC(N=C=S)CC2)CC1. The fourth-order valence-corrected chi connectivity index (χ4v) is 3.64. The van der Waals surface area contributed by atoms with Crippen molar-refractivity contribution in [3.63, 3.8) is 0 Å². The first-order chi connectivity index (χ1) is 9.81. The van der Waals surface area contributed by atoms with Crippen LogP contribution >= 0.6 is 12.2 Å². The lowest BCUT2D eigenvalue weighted by Crippen LogP contribution is -2.21. The fourth-order valence-electron chi connectivity index (χ4n) is 3.50. The molecule has 2 saturated carbocycles. The second-order valence-electron chi connectivity index (χ2n) is 6.17. The Morgan fingerprint density at radius 1 is 1.00 bits per heavy atom. The Kier molecular flexibility index (Phi) is 6.92. The standard InChI is InChI=1S/C17H27NOS/c1-2-19-17-11-7-15(8-12-17)4-3-14-5-9-16(10-6-14)18-13-20/h3-4,14-17H,2,5-12H2,1H3/b4-3+. The molecule has 0 aliphatic heterocycles. The minimum Gasteiger partial charge on any atom is -0.379 e. The van der Waals surface area contributed by atoms with Crippen molar-refractivity contribution in [1.29, 1.82) is 0 Å². The molecule has 0 aromatic heterocycles. The van der Waals surface area contributed by atoms with E-state index in [4.69, 9.17) is 4.74 Å². The predicted octanol–water partition coefficient (Wildman–Crippen LogP) is 4.80. The molecule has 2 aliphatic carbocycles. The van der Waals surface area contributed by atoms with Gasteiger partial charge >= 0.3 is 0 Å². The van der Waals surface area contributed by atoms with E-state index in [2.05, 4.69) is 41.4 Å². The summed E-state index contributed by atoms with van der Waals surface area (Å²) in [5.41, 5.74) is 0. The van der Waals surface area contributed by atoms with Crippen LogP contribution in [0.25, 0.3) is 0 Å². The Bertz CT molecular complexity index is 346. The quantitative estimate of drug-likeness (QED) is 0.412. The molecule has 0 atom stereocenters. The maximum absolute atomic E-state index is 5.71. The molecule has 0 unspecified atom stereocenters. The highest BCUT2D eigenvalue weighted by atomic mass is 32.1. The van der Waals surface area contributed by atoms with E-state index < -0.39 is 0 Å². The van der Waals surface area contributed by atoms with Gasteiger partial charge in [-0.1, -0.05) is 12.2 Å². The predicted molar refractivity (Wildman–Crippen MR) is 87.3 cm³/mol. The van der Waals surface area contributed by atoms with Crippen molar-refractivity contribution in [3.05, 3.63) is 12.2 Å². The van der Waals surface area contributed by atoms with Gasteiger partial charge in [0, 0.05) is 6.61 Å². The minimum absolute atomic E-state index is 0.443. The van der Waals surface area contributed by atoms with Crippen LogP contribution in [0, 0.1) is 11.8 Å². The number of hydrogen-bond donors (Lipinski definition) is 0. The van der Waals surface area contributed by atoms with Gasteiger partial charge in [0.1, 0.15) is 0 Å². The van der Waals surface area contributed by atoms with Crippen LogP contribution in [0.5, 0.6) is 0 Å². The number of nitrogens with zero attached hydrogens (tertiary/aromatic N) is 1. The van der Waals surface area contributed by atoms with Crippen molar-refractivity contribution in [3.8, 4) is 0 Å². The van der Waals surface area contributed by atoms with Crippen LogP contribution in [0.1, 0.15) is 58.3 Å². The van der Waals surface area contributed by atoms with E-state index >= 15 is 0 Å². The third-order valence-electron chi connectivity index (χ3n) is 4.75. The summed E-state index contributed by atoms with van der Waals surface area (Å²) in [5, 5.41) is 2.53. The number of isothiocyanates is 1. The molecule has 2 rings (SSSR count). The summed E-state index contributed by atoms with van der Waals surface area (Å²) in [6, 6.07) is 0.443. The van der Waals surface area contributed by atoms with E-state index in [9.17, 15) is 0 Å². The molecule has 0 amide bonds. The second kappa shape index (κ2) is 8.71. The van der Waals surface area contributed by atoms with Gasteiger partial charge in [-0.25, -0.2) is 4.99 Å². The van der Waals surface area contributed by atoms with Gasteiger partial charge in [-0.15, -0.1) is 0 Å². The lowest BCUT2D eigenvalue weighted by molar-refractivity contribution is 0.0302. The van der Waals surface area contributed by atoms with Gasteiger partial charge in [-0.2, -0.15) is 0 Å². The van der Waals surface area contributed by atoms with Crippen LogP contribution in [-0.4, -0.2) is 23.9 Å². The molecule has 20 heavy (non-hydrogen) atoms. The smallest absolute Gasteiger partial charge is 0.0603 e. The molecule has 0 saturated heterocycles. The Labute approximate surface area is 128 Å². The molecule has 0 N–H and O–H groups in total. The monoisotopic (exact) mass is 293 g/mol. The lowest BCUT2D eigenvalue weighted by atomic mass is 9.83. The maximum atomic E-state index is 5.71. The highest BCUT2D eigenvalue weighted by molar-refractivity contribution is 7.78. The molecular formula is C17H27NOS. The van der Waals surface area contributed by atoms with Gasteiger partial charge in [0.25, 0.3) is 0 Å². The number of hydrogen-bond acceptors (Lipinski definition) is 3. The second-order valence-corrected chi connectivity index (χ2v) is 6.35. The van der Waals surface area contributed by atoms with Crippen LogP contribution in [-0.2, 0) is 4.74 Å². The van der Waals surface area contributed by atoms with Crippen molar-refractivity contribution >= 4 is 17.4 Å². The summed E-state index contributed by atoms with van der Waals surface area (Å²) in [5.74, 6) is 1.54. The molecule has 2 fully saturated rings. The van der Waals surface area contributed by atoms with Gasteiger partial charge in [0.15, 0.2) is 0 Å². The number of rotatable bonds is 5. The van der Waals surface area contributed by atoms with Crippen molar-refractivity contribution in [2.24, 2.45) is 16.8 Å². The van der Waals surface area contributed by atoms with Crippen molar-refractivity contribution < 1.29 is 4.74 Å². The molecular weight excluding hydrogens is 266 g/mol. The first-order valence-corrected chi connectivity index (χ1v) is 8.59. The maximum Gasteiger partial charge on any atom is 0.0603 e. The van der Waals surface area contributed by atoms with Crippen molar-refractivity contribution in [1.82, 2.24) is 0 Å². The summed E-state index contributed by atoms with van der Waals surface area (Å²) in [7, 11) is 0. The summed E-state index contributed by atoms with van der Waals surface area (Å²) < 4.78 is 5.71. The number of aliphatic imine (C=N–C) groups is 1. The normalized spacial score (nSPS) is 34.9. The highest BCUT2D eigenvalue weighted by Crippen LogP contribution is 2.30. The van der Waals surface area contributed by atoms with Crippen LogP contribution in [0.3, 0.4) is 0 Å². The highest BCUT2D eigenvalue weighted by Gasteiger charge is 2.21. The van der Waals surface area contributed by atoms with Gasteiger partial charge < -0.3 is 4.74 Å². The van der Waals surface area contributed by atoms with Crippen molar-refractivity contribution in [2.75, 3.05) is 6.61 Å². The van der Waals surface area contributed by atoms with Crippen LogP contribution < -0.4 is 0 Å². The molecule has 0 bridgehead atoms. The summed E-state index contributed by atoms with van der Waals surface area (Å²) in [4.78, 5) is 4.22. The molecule has 0 aromatic rings. The molecule has 0 aromatic carbocycles. The zero-order valence-electron chi connectivity index (χ0n) is 12.6. The summed E-state index contributed by atoms with van der Waals surface area (Å²) in [6.45, 7) is 2.95. The van der Waals surface area contributed by atoms with Gasteiger partial charge in [0.2, 0.25) is 0 Å². The fraction of sp³-hybridized carbons (Fsp3) is 0.824. The molecule has 112 valence electrons. The number of ether oxygens (including phenoxy) is 1. The molecule has 2 nitrogen and oxygen atoms in total. The third-order valence-corrected chi connectivity index (χ3v) is 4.86. The van der Waals surface area contributed by atoms with Crippen molar-refractivity contribution in [2.45, 2.75) is 70.4 Å². The molecule has 2 aliphatic rings. The van der Waals surface area contributed by atoms with Gasteiger partial charge in [-0.05, 0) is 82.3 Å². The van der Waals surface area contributed by atoms with E-state index in [1.807, 2.05) is 0 Å². The minimum atomic E-state index is 0.443. The number of thiocarbonyl (C=S) groups is 1. The Balaban J connectivity index is 1.68. The largest absolute Gasteiger partial charge is 0.379 e. The van der Waals surface area contributed by atoms with Crippen LogP contribution in [0.2, 0.25) is 0 Å². The zero-order valence-corrected chi connectivity index (χ0v) is 13.4. The Morgan fingerprint density at radius 3 is 2.05 bits per heavy atom. The summed E-state index contributed by atoms with van der Waals surface area (Å²) in [6.07, 6.45) is 15.4. The Morgan fingerprint density at radius 2 is 1.55 bits per heavy atom. The Hall–Kier alpha value is -0.500. The number of allylic oxidation sites excluding steroid dienone is 2. The van der Waals surface area contributed by atoms with Crippen LogP contribution in [0.15, 0.2) is 17.1 Å². The van der Waals surface area contributed by atoms with E-state index in [1.54, 1.807) is 0 Å². The first kappa shape index (κ1) is 15.9. The third kappa shape index (κ3) is 5.12. The zero-order chi connectivity index (χ0) is 14.2. The molecule has 0 spiro atoms. The van der Waals surface area contributed by atoms with E-state index in [0.29, 0.717) is 12.1 Å². The average molecular weight is 293 g/mol. The van der Waals surface area contributed by atoms with Gasteiger partial charge in [0.05, 0.1) is 17.3 Å². The average Bonchev–Trinajstić information content (AvgIpc) is 2.49. The van der Waals surface area contributed by atoms with E-state index in [-0.39, 0.29) is 0 Å². The van der Waals surface area contributed by atoms with E-state index in [1.165, 1.54) is 51.4 Å². The van der Waals surface area contributed by atoms with Gasteiger partial charge in [-0.3, -0.25) is 0 Å². The molecule has 3 heteroatoms. The van der Waals surface area contributed by atoms with E-state index in [0.717, 1.165) is 18.4 Å². The summed E-state index contributed by atoms with van der Waals surface area (Å²) >= 11 is 4.69. The lowest BCUT2D eigenvalue weighted by Gasteiger charge is -2.27.